The fourth-order valence-electron chi connectivity index (χ4n) is 3.06. The van der Waals surface area contributed by atoms with E-state index in [-0.39, 0.29) is 34.5 Å². The van der Waals surface area contributed by atoms with Crippen molar-refractivity contribution in [2.24, 2.45) is 0 Å². The quantitative estimate of drug-likeness (QED) is 0.234. The first-order valence-corrected chi connectivity index (χ1v) is 11.3. The lowest BCUT2D eigenvalue weighted by atomic mass is 10.2. The zero-order valence-electron chi connectivity index (χ0n) is 17.4. The van der Waals surface area contributed by atoms with Crippen LogP contribution in [0.4, 0.5) is 5.69 Å². The molecule has 0 saturated heterocycles. The number of nitrogens with zero attached hydrogens (tertiary/aromatic N) is 3. The minimum absolute atomic E-state index is 0.0447. The van der Waals surface area contributed by atoms with Gasteiger partial charge < -0.3 is 15.0 Å². The van der Waals surface area contributed by atoms with Gasteiger partial charge in [-0.15, -0.1) is 0 Å². The van der Waals surface area contributed by atoms with Gasteiger partial charge in [0.25, 0.3) is 5.56 Å². The van der Waals surface area contributed by atoms with Gasteiger partial charge in [-0.3, -0.25) is 9.59 Å². The van der Waals surface area contributed by atoms with Crippen molar-refractivity contribution in [2.75, 3.05) is 17.7 Å². The second-order valence-corrected chi connectivity index (χ2v) is 8.15. The molecule has 4 rings (SSSR count). The van der Waals surface area contributed by atoms with E-state index in [1.54, 1.807) is 55.5 Å². The molecule has 33 heavy (non-hydrogen) atoms. The maximum atomic E-state index is 12.5. The second kappa shape index (κ2) is 9.88. The number of aromatic nitrogens is 4. The fraction of sp³-hybridized carbons (Fsp3) is 0.136. The smallest absolute Gasteiger partial charge is 0.340 e. The largest absolute Gasteiger partial charge is 0.462 e. The summed E-state index contributed by atoms with van der Waals surface area (Å²) in [5.74, 6) is -0.939. The second-order valence-electron chi connectivity index (χ2n) is 6.75. The highest BCUT2D eigenvalue weighted by Crippen LogP contribution is 2.21. The highest BCUT2D eigenvalue weighted by molar-refractivity contribution is 7.99. The molecule has 0 atom stereocenters. The van der Waals surface area contributed by atoms with E-state index in [2.05, 4.69) is 20.4 Å². The molecule has 4 aromatic rings. The molecule has 11 heteroatoms. The monoisotopic (exact) mass is 483 g/mol. The van der Waals surface area contributed by atoms with E-state index in [0.717, 1.165) is 11.8 Å². The Hall–Kier alpha value is -3.63. The number of carbonyl (C=O) groups is 2. The number of esters is 1. The first-order valence-electron chi connectivity index (χ1n) is 9.89. The van der Waals surface area contributed by atoms with Crippen molar-refractivity contribution >= 4 is 52.0 Å². The van der Waals surface area contributed by atoms with E-state index in [1.807, 2.05) is 0 Å². The number of aromatic amines is 1. The predicted molar refractivity (Wildman–Crippen MR) is 126 cm³/mol. The lowest BCUT2D eigenvalue weighted by Gasteiger charge is -2.10. The van der Waals surface area contributed by atoms with E-state index >= 15 is 0 Å². The van der Waals surface area contributed by atoms with Crippen molar-refractivity contribution in [3.8, 4) is 5.69 Å². The number of para-hydroxylation sites is 1. The van der Waals surface area contributed by atoms with Crippen LogP contribution in [0.2, 0.25) is 5.02 Å². The molecule has 0 spiro atoms. The number of amides is 1. The van der Waals surface area contributed by atoms with Crippen molar-refractivity contribution in [2.45, 2.75) is 12.1 Å². The molecule has 168 valence electrons. The lowest BCUT2D eigenvalue weighted by Crippen LogP contribution is -2.18. The molecule has 0 radical (unpaired) electrons. The Morgan fingerprint density at radius 1 is 1.21 bits per heavy atom. The predicted octanol–water partition coefficient (Wildman–Crippen LogP) is 3.67. The van der Waals surface area contributed by atoms with Gasteiger partial charge in [-0.05, 0) is 37.3 Å². The van der Waals surface area contributed by atoms with E-state index in [1.165, 1.54) is 10.9 Å². The Morgan fingerprint density at radius 2 is 2.03 bits per heavy atom. The molecule has 2 heterocycles. The summed E-state index contributed by atoms with van der Waals surface area (Å²) in [7, 11) is 0. The zero-order valence-corrected chi connectivity index (χ0v) is 18.9. The number of benzene rings is 2. The standard InChI is InChI=1S/C22H18ClN5O4S/c1-2-32-21(31)15-8-3-4-9-17(15)25-18(29)12-33-22-26-19-16(20(30)27-22)11-24-28(19)14-7-5-6-13(23)10-14/h3-11H,2,12H2,1H3,(H,25,29)(H,26,27,30). The Labute approximate surface area is 197 Å². The summed E-state index contributed by atoms with van der Waals surface area (Å²) in [6.07, 6.45) is 1.43. The summed E-state index contributed by atoms with van der Waals surface area (Å²) in [6.45, 7) is 1.93. The number of hydrogen-bond donors (Lipinski definition) is 2. The average Bonchev–Trinajstić information content (AvgIpc) is 3.23. The van der Waals surface area contributed by atoms with Gasteiger partial charge in [0.15, 0.2) is 10.8 Å². The molecule has 0 saturated carbocycles. The number of thioether (sulfide) groups is 1. The van der Waals surface area contributed by atoms with Gasteiger partial charge in [-0.1, -0.05) is 41.6 Å². The Morgan fingerprint density at radius 3 is 2.82 bits per heavy atom. The summed E-state index contributed by atoms with van der Waals surface area (Å²) >= 11 is 7.12. The first kappa shape index (κ1) is 22.6. The Balaban J connectivity index is 1.52. The third-order valence-corrected chi connectivity index (χ3v) is 5.61. The summed E-state index contributed by atoms with van der Waals surface area (Å²) in [5, 5.41) is 8.03. The number of nitrogens with one attached hydrogen (secondary N) is 2. The molecule has 0 aliphatic rings. The van der Waals surface area contributed by atoms with Crippen LogP contribution in [0, 0.1) is 0 Å². The minimum Gasteiger partial charge on any atom is -0.462 e. The van der Waals surface area contributed by atoms with Gasteiger partial charge in [0.2, 0.25) is 5.91 Å². The van der Waals surface area contributed by atoms with Crippen LogP contribution in [0.5, 0.6) is 0 Å². The van der Waals surface area contributed by atoms with Crippen molar-refractivity contribution in [3.63, 3.8) is 0 Å². The van der Waals surface area contributed by atoms with Crippen molar-refractivity contribution < 1.29 is 14.3 Å². The molecule has 0 aliphatic heterocycles. The topological polar surface area (TPSA) is 119 Å². The molecule has 0 bridgehead atoms. The average molecular weight is 484 g/mol. The van der Waals surface area contributed by atoms with Gasteiger partial charge >= 0.3 is 5.97 Å². The van der Waals surface area contributed by atoms with Gasteiger partial charge in [0, 0.05) is 5.02 Å². The number of H-pyrrole nitrogens is 1. The number of fused-ring (bicyclic) bond motifs is 1. The van der Waals surface area contributed by atoms with Crippen LogP contribution in [0.3, 0.4) is 0 Å². The van der Waals surface area contributed by atoms with Crippen LogP contribution >= 0.6 is 23.4 Å². The summed E-state index contributed by atoms with van der Waals surface area (Å²) in [6, 6.07) is 13.6. The maximum absolute atomic E-state index is 12.5. The minimum atomic E-state index is -0.522. The van der Waals surface area contributed by atoms with Gasteiger partial charge in [-0.2, -0.15) is 5.10 Å². The van der Waals surface area contributed by atoms with E-state index in [9.17, 15) is 14.4 Å². The molecule has 2 aromatic carbocycles. The van der Waals surface area contributed by atoms with Crippen LogP contribution in [0.15, 0.2) is 64.7 Å². The summed E-state index contributed by atoms with van der Waals surface area (Å²) in [4.78, 5) is 44.2. The summed E-state index contributed by atoms with van der Waals surface area (Å²) < 4.78 is 6.53. The third-order valence-electron chi connectivity index (χ3n) is 4.51. The molecule has 2 N–H and O–H groups in total. The van der Waals surface area contributed by atoms with E-state index in [0.29, 0.717) is 27.4 Å². The van der Waals surface area contributed by atoms with E-state index in [4.69, 9.17) is 16.3 Å². The van der Waals surface area contributed by atoms with Crippen LogP contribution in [0.1, 0.15) is 17.3 Å². The molecule has 9 nitrogen and oxygen atoms in total. The summed E-state index contributed by atoms with van der Waals surface area (Å²) in [5.41, 5.74) is 1.23. The molecular formula is C22H18ClN5O4S. The van der Waals surface area contributed by atoms with Crippen LogP contribution < -0.4 is 10.9 Å². The van der Waals surface area contributed by atoms with Gasteiger partial charge in [0.05, 0.1) is 35.5 Å². The maximum Gasteiger partial charge on any atom is 0.340 e. The van der Waals surface area contributed by atoms with Crippen molar-refractivity contribution in [1.82, 2.24) is 19.7 Å². The van der Waals surface area contributed by atoms with Crippen LogP contribution in [-0.2, 0) is 9.53 Å². The highest BCUT2D eigenvalue weighted by Gasteiger charge is 2.16. The number of rotatable bonds is 7. The molecule has 1 amide bonds. The van der Waals surface area contributed by atoms with Crippen molar-refractivity contribution in [1.29, 1.82) is 0 Å². The fourth-order valence-corrected chi connectivity index (χ4v) is 3.90. The molecule has 0 unspecified atom stereocenters. The van der Waals surface area contributed by atoms with Gasteiger partial charge in [-0.25, -0.2) is 14.5 Å². The lowest BCUT2D eigenvalue weighted by molar-refractivity contribution is -0.113. The number of hydrogen-bond acceptors (Lipinski definition) is 7. The molecule has 2 aromatic heterocycles. The first-order chi connectivity index (χ1) is 16.0. The number of halogens is 1. The zero-order chi connectivity index (χ0) is 23.4. The van der Waals surface area contributed by atoms with Crippen LogP contribution in [0.25, 0.3) is 16.7 Å². The Bertz CT molecular complexity index is 1400. The normalized spacial score (nSPS) is 10.8. The number of ether oxygens (including phenoxy) is 1. The molecular weight excluding hydrogens is 466 g/mol. The molecule has 0 aliphatic carbocycles. The highest BCUT2D eigenvalue weighted by atomic mass is 35.5. The van der Waals surface area contributed by atoms with Gasteiger partial charge in [0.1, 0.15) is 5.39 Å². The third kappa shape index (κ3) is 5.07. The number of carbonyl (C=O) groups excluding carboxylic acids is 2. The van der Waals surface area contributed by atoms with E-state index < -0.39 is 5.97 Å². The molecule has 0 fully saturated rings. The SMILES string of the molecule is CCOC(=O)c1ccccc1NC(=O)CSc1nc2c(cnn2-c2cccc(Cl)c2)c(=O)[nH]1. The van der Waals surface area contributed by atoms with Crippen LogP contribution in [-0.4, -0.2) is 44.0 Å². The number of anilines is 1. The Kier molecular flexibility index (Phi) is 6.76. The van der Waals surface area contributed by atoms with Crippen molar-refractivity contribution in [3.05, 3.63) is 75.7 Å².